The molecule has 1 unspecified atom stereocenters. The third kappa shape index (κ3) is 3.16. The highest BCUT2D eigenvalue weighted by molar-refractivity contribution is 5.60. The minimum atomic E-state index is 0.590. The van der Waals surface area contributed by atoms with Gasteiger partial charge in [-0.05, 0) is 57.1 Å². The predicted octanol–water partition coefficient (Wildman–Crippen LogP) is 2.57. The van der Waals surface area contributed by atoms with Crippen molar-refractivity contribution in [2.75, 3.05) is 44.4 Å². The Hall–Kier alpha value is -1.22. The number of anilines is 2. The zero-order valence-corrected chi connectivity index (χ0v) is 12.0. The molecule has 1 fully saturated rings. The first-order valence-corrected chi connectivity index (χ1v) is 6.79. The summed E-state index contributed by atoms with van der Waals surface area (Å²) in [5.41, 5.74) is 3.87. The molecule has 2 rings (SSSR count). The van der Waals surface area contributed by atoms with Crippen molar-refractivity contribution in [2.45, 2.75) is 25.8 Å². The van der Waals surface area contributed by atoms with E-state index < -0.39 is 0 Å². The van der Waals surface area contributed by atoms with E-state index in [1.807, 2.05) is 0 Å². The first-order chi connectivity index (χ1) is 8.56. The SMILES string of the molecule is Cc1cc(N(C)C)ccc1NC1CCCN(C)C1. The fourth-order valence-corrected chi connectivity index (χ4v) is 2.59. The molecule has 1 atom stereocenters. The largest absolute Gasteiger partial charge is 0.381 e. The molecular weight excluding hydrogens is 222 g/mol. The van der Waals surface area contributed by atoms with Gasteiger partial charge in [0.05, 0.1) is 0 Å². The summed E-state index contributed by atoms with van der Waals surface area (Å²) < 4.78 is 0. The van der Waals surface area contributed by atoms with E-state index in [4.69, 9.17) is 0 Å². The van der Waals surface area contributed by atoms with Crippen LogP contribution in [0.4, 0.5) is 11.4 Å². The maximum Gasteiger partial charge on any atom is 0.0388 e. The molecular formula is C15H25N3. The van der Waals surface area contributed by atoms with Crippen molar-refractivity contribution in [3.63, 3.8) is 0 Å². The Bertz CT molecular complexity index is 401. The van der Waals surface area contributed by atoms with Gasteiger partial charge >= 0.3 is 0 Å². The lowest BCUT2D eigenvalue weighted by molar-refractivity contribution is 0.261. The second-order valence-electron chi connectivity index (χ2n) is 5.64. The molecule has 0 saturated carbocycles. The fraction of sp³-hybridized carbons (Fsp3) is 0.600. The molecule has 0 aliphatic carbocycles. The zero-order valence-electron chi connectivity index (χ0n) is 12.0. The second-order valence-corrected chi connectivity index (χ2v) is 5.64. The first kappa shape index (κ1) is 13.2. The number of rotatable bonds is 3. The van der Waals surface area contributed by atoms with Crippen LogP contribution in [0.2, 0.25) is 0 Å². The number of hydrogen-bond donors (Lipinski definition) is 1. The molecule has 0 radical (unpaired) electrons. The highest BCUT2D eigenvalue weighted by Gasteiger charge is 2.17. The van der Waals surface area contributed by atoms with Gasteiger partial charge in [0.25, 0.3) is 0 Å². The minimum Gasteiger partial charge on any atom is -0.381 e. The van der Waals surface area contributed by atoms with Gasteiger partial charge < -0.3 is 15.1 Å². The molecule has 1 aromatic carbocycles. The standard InChI is InChI=1S/C15H25N3/c1-12-10-14(17(2)3)7-8-15(12)16-13-6-5-9-18(4)11-13/h7-8,10,13,16H,5-6,9,11H2,1-4H3. The maximum atomic E-state index is 3.69. The molecule has 0 aromatic heterocycles. The summed E-state index contributed by atoms with van der Waals surface area (Å²) >= 11 is 0. The van der Waals surface area contributed by atoms with Crippen molar-refractivity contribution in [3.05, 3.63) is 23.8 Å². The molecule has 3 heteroatoms. The summed E-state index contributed by atoms with van der Waals surface area (Å²) in [6.07, 6.45) is 2.57. The van der Waals surface area contributed by atoms with Crippen LogP contribution < -0.4 is 10.2 Å². The molecule has 1 aliphatic heterocycles. The third-order valence-corrected chi connectivity index (χ3v) is 3.71. The summed E-state index contributed by atoms with van der Waals surface area (Å²) in [5.74, 6) is 0. The molecule has 1 aliphatic rings. The van der Waals surface area contributed by atoms with E-state index >= 15 is 0 Å². The Kier molecular flexibility index (Phi) is 4.12. The lowest BCUT2D eigenvalue weighted by atomic mass is 10.0. The second kappa shape index (κ2) is 5.61. The van der Waals surface area contributed by atoms with Crippen LogP contribution in [0, 0.1) is 6.92 Å². The van der Waals surface area contributed by atoms with Crippen molar-refractivity contribution in [3.8, 4) is 0 Å². The summed E-state index contributed by atoms with van der Waals surface area (Å²) in [4.78, 5) is 4.55. The highest BCUT2D eigenvalue weighted by Crippen LogP contribution is 2.23. The Balaban J connectivity index is 2.05. The molecule has 0 bridgehead atoms. The predicted molar refractivity (Wildman–Crippen MR) is 79.6 cm³/mol. The van der Waals surface area contributed by atoms with Gasteiger partial charge in [-0.2, -0.15) is 0 Å². The van der Waals surface area contributed by atoms with Crippen LogP contribution in [0.3, 0.4) is 0 Å². The van der Waals surface area contributed by atoms with Crippen LogP contribution in [0.1, 0.15) is 18.4 Å². The average molecular weight is 247 g/mol. The molecule has 1 aromatic rings. The van der Waals surface area contributed by atoms with Gasteiger partial charge in [-0.25, -0.2) is 0 Å². The first-order valence-electron chi connectivity index (χ1n) is 6.79. The van der Waals surface area contributed by atoms with Crippen LogP contribution in [0.25, 0.3) is 0 Å². The molecule has 18 heavy (non-hydrogen) atoms. The van der Waals surface area contributed by atoms with E-state index in [1.165, 1.54) is 36.3 Å². The van der Waals surface area contributed by atoms with E-state index in [0.29, 0.717) is 6.04 Å². The molecule has 0 spiro atoms. The van der Waals surface area contributed by atoms with E-state index in [-0.39, 0.29) is 0 Å². The smallest absolute Gasteiger partial charge is 0.0388 e. The topological polar surface area (TPSA) is 18.5 Å². The number of aryl methyl sites for hydroxylation is 1. The van der Waals surface area contributed by atoms with Crippen LogP contribution >= 0.6 is 0 Å². The van der Waals surface area contributed by atoms with E-state index in [0.717, 1.165) is 6.54 Å². The quantitative estimate of drug-likeness (QED) is 0.885. The molecule has 1 heterocycles. The molecule has 0 amide bonds. The van der Waals surface area contributed by atoms with Gasteiger partial charge in [-0.15, -0.1) is 0 Å². The van der Waals surface area contributed by atoms with Crippen molar-refractivity contribution in [2.24, 2.45) is 0 Å². The molecule has 100 valence electrons. The van der Waals surface area contributed by atoms with Crippen molar-refractivity contribution in [1.82, 2.24) is 4.90 Å². The van der Waals surface area contributed by atoms with Crippen LogP contribution in [-0.4, -0.2) is 45.2 Å². The van der Waals surface area contributed by atoms with E-state index in [2.05, 4.69) is 61.4 Å². The number of piperidine rings is 1. The Morgan fingerprint density at radius 1 is 1.33 bits per heavy atom. The fourth-order valence-electron chi connectivity index (χ4n) is 2.59. The van der Waals surface area contributed by atoms with Gasteiger partial charge in [0, 0.05) is 38.1 Å². The molecule has 3 nitrogen and oxygen atoms in total. The minimum absolute atomic E-state index is 0.590. The van der Waals surface area contributed by atoms with Crippen LogP contribution in [-0.2, 0) is 0 Å². The third-order valence-electron chi connectivity index (χ3n) is 3.71. The average Bonchev–Trinajstić information content (AvgIpc) is 2.31. The van der Waals surface area contributed by atoms with Gasteiger partial charge in [-0.1, -0.05) is 0 Å². The number of nitrogens with one attached hydrogen (secondary N) is 1. The molecule has 1 saturated heterocycles. The van der Waals surface area contributed by atoms with Crippen LogP contribution in [0.15, 0.2) is 18.2 Å². The summed E-state index contributed by atoms with van der Waals surface area (Å²) in [6.45, 7) is 4.56. The van der Waals surface area contributed by atoms with Crippen molar-refractivity contribution in [1.29, 1.82) is 0 Å². The lowest BCUT2D eigenvalue weighted by Gasteiger charge is -2.31. The van der Waals surface area contributed by atoms with Crippen molar-refractivity contribution >= 4 is 11.4 Å². The number of likely N-dealkylation sites (N-methyl/N-ethyl adjacent to an activating group) is 1. The number of benzene rings is 1. The van der Waals surface area contributed by atoms with Gasteiger partial charge in [0.1, 0.15) is 0 Å². The summed E-state index contributed by atoms with van der Waals surface area (Å²) in [5, 5.41) is 3.69. The highest BCUT2D eigenvalue weighted by atomic mass is 15.1. The monoisotopic (exact) mass is 247 g/mol. The summed E-state index contributed by atoms with van der Waals surface area (Å²) in [6, 6.07) is 7.23. The van der Waals surface area contributed by atoms with E-state index in [9.17, 15) is 0 Å². The normalized spacial score (nSPS) is 20.8. The number of nitrogens with zero attached hydrogens (tertiary/aromatic N) is 2. The molecule has 1 N–H and O–H groups in total. The Morgan fingerprint density at radius 3 is 2.72 bits per heavy atom. The lowest BCUT2D eigenvalue weighted by Crippen LogP contribution is -2.39. The zero-order chi connectivity index (χ0) is 13.1. The van der Waals surface area contributed by atoms with Gasteiger partial charge in [-0.3, -0.25) is 0 Å². The maximum absolute atomic E-state index is 3.69. The number of hydrogen-bond acceptors (Lipinski definition) is 3. The Labute approximate surface area is 111 Å². The van der Waals surface area contributed by atoms with Gasteiger partial charge in [0.15, 0.2) is 0 Å². The number of likely N-dealkylation sites (tertiary alicyclic amines) is 1. The Morgan fingerprint density at radius 2 is 2.11 bits per heavy atom. The van der Waals surface area contributed by atoms with E-state index in [1.54, 1.807) is 0 Å². The van der Waals surface area contributed by atoms with Crippen LogP contribution in [0.5, 0.6) is 0 Å². The van der Waals surface area contributed by atoms with Crippen molar-refractivity contribution < 1.29 is 0 Å². The summed E-state index contributed by atoms with van der Waals surface area (Å²) in [7, 11) is 6.37. The van der Waals surface area contributed by atoms with Gasteiger partial charge in [0.2, 0.25) is 0 Å².